The van der Waals surface area contributed by atoms with Gasteiger partial charge in [0.1, 0.15) is 5.82 Å². The highest BCUT2D eigenvalue weighted by atomic mass is 16.3. The van der Waals surface area contributed by atoms with Crippen LogP contribution in [0.2, 0.25) is 0 Å². The van der Waals surface area contributed by atoms with Crippen LogP contribution in [-0.2, 0) is 6.61 Å². The summed E-state index contributed by atoms with van der Waals surface area (Å²) in [6.45, 7) is 0.0446. The first-order valence-electron chi connectivity index (χ1n) is 8.26. The number of nitrogens with zero attached hydrogens (tertiary/aromatic N) is 1. The Kier molecular flexibility index (Phi) is 4.15. The van der Waals surface area contributed by atoms with E-state index in [1.54, 1.807) is 0 Å². The third-order valence-corrected chi connectivity index (χ3v) is 4.22. The molecule has 0 saturated carbocycles. The number of rotatable bonds is 4. The van der Waals surface area contributed by atoms with Gasteiger partial charge < -0.3 is 10.1 Å². The van der Waals surface area contributed by atoms with Crippen LogP contribution in [0.5, 0.6) is 0 Å². The molecular formula is C22H18N2O. The third-order valence-electron chi connectivity index (χ3n) is 4.22. The van der Waals surface area contributed by atoms with Gasteiger partial charge in [0.15, 0.2) is 0 Å². The topological polar surface area (TPSA) is 48.9 Å². The lowest BCUT2D eigenvalue weighted by Crippen LogP contribution is -1.84. The first-order chi connectivity index (χ1) is 12.3. The van der Waals surface area contributed by atoms with Crippen LogP contribution < -0.4 is 0 Å². The van der Waals surface area contributed by atoms with Crippen molar-refractivity contribution in [1.29, 1.82) is 0 Å². The van der Waals surface area contributed by atoms with Gasteiger partial charge in [0.25, 0.3) is 0 Å². The number of aromatic nitrogens is 2. The van der Waals surface area contributed by atoms with Gasteiger partial charge >= 0.3 is 0 Å². The van der Waals surface area contributed by atoms with Crippen molar-refractivity contribution in [3.63, 3.8) is 0 Å². The van der Waals surface area contributed by atoms with E-state index in [1.165, 1.54) is 0 Å². The molecule has 0 bridgehead atoms. The van der Waals surface area contributed by atoms with E-state index in [0.29, 0.717) is 0 Å². The minimum atomic E-state index is 0.0446. The molecule has 0 atom stereocenters. The summed E-state index contributed by atoms with van der Waals surface area (Å²) in [6.07, 6.45) is 0. The van der Waals surface area contributed by atoms with E-state index in [-0.39, 0.29) is 6.61 Å². The van der Waals surface area contributed by atoms with Crippen LogP contribution in [0.3, 0.4) is 0 Å². The summed E-state index contributed by atoms with van der Waals surface area (Å²) in [4.78, 5) is 8.34. The van der Waals surface area contributed by atoms with Gasteiger partial charge in [-0.1, -0.05) is 84.9 Å². The molecule has 1 aromatic heterocycles. The zero-order valence-electron chi connectivity index (χ0n) is 13.7. The molecule has 0 amide bonds. The van der Waals surface area contributed by atoms with E-state index < -0.39 is 0 Å². The standard InChI is InChI=1S/C22H18N2O/c25-15-16-11-13-19(14-12-16)22-23-20(17-7-3-1-4-8-17)21(24-22)18-9-5-2-6-10-18/h1-14,25H,15H2,(H,23,24). The lowest BCUT2D eigenvalue weighted by molar-refractivity contribution is 0.282. The van der Waals surface area contributed by atoms with Crippen LogP contribution >= 0.6 is 0 Å². The van der Waals surface area contributed by atoms with Crippen LogP contribution in [0.25, 0.3) is 33.9 Å². The first-order valence-corrected chi connectivity index (χ1v) is 8.26. The number of nitrogens with one attached hydrogen (secondary N) is 1. The molecule has 1 heterocycles. The lowest BCUT2D eigenvalue weighted by Gasteiger charge is -2.02. The largest absolute Gasteiger partial charge is 0.392 e. The minimum absolute atomic E-state index is 0.0446. The SMILES string of the molecule is OCc1ccc(-c2nc(-c3ccccc3)c(-c3ccccc3)[nH]2)cc1. The van der Waals surface area contributed by atoms with Crippen molar-refractivity contribution in [3.8, 4) is 33.9 Å². The van der Waals surface area contributed by atoms with E-state index >= 15 is 0 Å². The quantitative estimate of drug-likeness (QED) is 0.560. The molecule has 25 heavy (non-hydrogen) atoms. The molecule has 0 radical (unpaired) electrons. The normalized spacial score (nSPS) is 10.8. The molecule has 4 aromatic rings. The summed E-state index contributed by atoms with van der Waals surface area (Å²) in [6, 6.07) is 28.2. The van der Waals surface area contributed by atoms with E-state index in [4.69, 9.17) is 4.98 Å². The third kappa shape index (κ3) is 3.10. The van der Waals surface area contributed by atoms with Crippen LogP contribution in [0.1, 0.15) is 5.56 Å². The second-order valence-electron chi connectivity index (χ2n) is 5.90. The number of aliphatic hydroxyl groups excluding tert-OH is 1. The van der Waals surface area contributed by atoms with Gasteiger partial charge in [-0.15, -0.1) is 0 Å². The van der Waals surface area contributed by atoms with Crippen molar-refractivity contribution in [1.82, 2.24) is 9.97 Å². The zero-order valence-corrected chi connectivity index (χ0v) is 13.7. The lowest BCUT2D eigenvalue weighted by atomic mass is 10.1. The smallest absolute Gasteiger partial charge is 0.138 e. The predicted molar refractivity (Wildman–Crippen MR) is 101 cm³/mol. The van der Waals surface area contributed by atoms with Gasteiger partial charge in [0, 0.05) is 16.7 Å². The van der Waals surface area contributed by atoms with E-state index in [1.807, 2.05) is 60.7 Å². The summed E-state index contributed by atoms with van der Waals surface area (Å²) in [5.74, 6) is 0.821. The van der Waals surface area contributed by atoms with Gasteiger partial charge in [-0.25, -0.2) is 4.98 Å². The van der Waals surface area contributed by atoms with Crippen molar-refractivity contribution >= 4 is 0 Å². The zero-order chi connectivity index (χ0) is 17.1. The summed E-state index contributed by atoms with van der Waals surface area (Å²) < 4.78 is 0. The molecule has 3 nitrogen and oxygen atoms in total. The molecule has 0 unspecified atom stereocenters. The molecule has 3 aromatic carbocycles. The molecule has 0 aliphatic rings. The van der Waals surface area contributed by atoms with Gasteiger partial charge in [0.05, 0.1) is 18.0 Å². The Labute approximate surface area is 146 Å². The summed E-state index contributed by atoms with van der Waals surface area (Å²) in [5, 5.41) is 9.22. The average Bonchev–Trinajstić information content (AvgIpc) is 3.15. The van der Waals surface area contributed by atoms with Crippen molar-refractivity contribution in [2.75, 3.05) is 0 Å². The van der Waals surface area contributed by atoms with Crippen LogP contribution in [0, 0.1) is 0 Å². The molecule has 3 heteroatoms. The molecule has 0 aliphatic carbocycles. The maximum Gasteiger partial charge on any atom is 0.138 e. The monoisotopic (exact) mass is 326 g/mol. The maximum absolute atomic E-state index is 9.22. The van der Waals surface area contributed by atoms with Crippen molar-refractivity contribution in [3.05, 3.63) is 90.5 Å². The molecule has 4 rings (SSSR count). The number of benzene rings is 3. The number of hydrogen-bond acceptors (Lipinski definition) is 2. The first kappa shape index (κ1) is 15.4. The maximum atomic E-state index is 9.22. The number of H-pyrrole nitrogens is 1. The van der Waals surface area contributed by atoms with Crippen LogP contribution in [-0.4, -0.2) is 15.1 Å². The Hall–Kier alpha value is -3.17. The van der Waals surface area contributed by atoms with Crippen LogP contribution in [0.15, 0.2) is 84.9 Å². The van der Waals surface area contributed by atoms with E-state index in [0.717, 1.165) is 39.5 Å². The number of imidazole rings is 1. The molecule has 0 spiro atoms. The molecule has 0 saturated heterocycles. The number of aromatic amines is 1. The second-order valence-corrected chi connectivity index (χ2v) is 5.90. The summed E-state index contributed by atoms with van der Waals surface area (Å²) in [5.41, 5.74) is 6.02. The van der Waals surface area contributed by atoms with Crippen molar-refractivity contribution in [2.24, 2.45) is 0 Å². The number of aliphatic hydroxyl groups is 1. The Morgan fingerprint density at radius 1 is 0.680 bits per heavy atom. The van der Waals surface area contributed by atoms with Crippen LogP contribution in [0.4, 0.5) is 0 Å². The molecular weight excluding hydrogens is 308 g/mol. The van der Waals surface area contributed by atoms with Crippen molar-refractivity contribution < 1.29 is 5.11 Å². The highest BCUT2D eigenvalue weighted by molar-refractivity contribution is 5.81. The fourth-order valence-corrected chi connectivity index (χ4v) is 2.90. The van der Waals surface area contributed by atoms with E-state index in [9.17, 15) is 5.11 Å². The molecule has 0 fully saturated rings. The summed E-state index contributed by atoms with van der Waals surface area (Å²) in [7, 11) is 0. The van der Waals surface area contributed by atoms with Gasteiger partial charge in [-0.3, -0.25) is 0 Å². The summed E-state index contributed by atoms with van der Waals surface area (Å²) >= 11 is 0. The Bertz CT molecular complexity index is 901. The highest BCUT2D eigenvalue weighted by Gasteiger charge is 2.14. The highest BCUT2D eigenvalue weighted by Crippen LogP contribution is 2.32. The van der Waals surface area contributed by atoms with Gasteiger partial charge in [0.2, 0.25) is 0 Å². The molecule has 122 valence electrons. The van der Waals surface area contributed by atoms with E-state index in [2.05, 4.69) is 29.2 Å². The average molecular weight is 326 g/mol. The Balaban J connectivity index is 1.86. The molecule has 2 N–H and O–H groups in total. The van der Waals surface area contributed by atoms with Gasteiger partial charge in [-0.05, 0) is 5.56 Å². The van der Waals surface area contributed by atoms with Crippen molar-refractivity contribution in [2.45, 2.75) is 6.61 Å². The Morgan fingerprint density at radius 2 is 1.28 bits per heavy atom. The second kappa shape index (κ2) is 6.75. The predicted octanol–water partition coefficient (Wildman–Crippen LogP) is 4.90. The fourth-order valence-electron chi connectivity index (χ4n) is 2.90. The number of hydrogen-bond donors (Lipinski definition) is 2. The minimum Gasteiger partial charge on any atom is -0.392 e. The Morgan fingerprint density at radius 3 is 1.88 bits per heavy atom. The van der Waals surface area contributed by atoms with Gasteiger partial charge in [-0.2, -0.15) is 0 Å². The molecule has 0 aliphatic heterocycles. The fraction of sp³-hybridized carbons (Fsp3) is 0.0455.